The Labute approximate surface area is 152 Å². The number of cyclic esters (lactones) is 1. The van der Waals surface area contributed by atoms with E-state index in [1.54, 1.807) is 31.2 Å². The topological polar surface area (TPSA) is 44.8 Å². The van der Waals surface area contributed by atoms with Gasteiger partial charge in [0.15, 0.2) is 5.60 Å². The summed E-state index contributed by atoms with van der Waals surface area (Å²) in [5, 5.41) is -0.159. The maximum Gasteiger partial charge on any atom is 0.416 e. The number of esters is 1. The fraction of sp³-hybridized carbons (Fsp3) is 0.278. The first-order valence-electron chi connectivity index (χ1n) is 7.64. The molecular formula is C18H14ClF3O4. The van der Waals surface area contributed by atoms with Crippen LogP contribution < -0.4 is 9.47 Å². The largest absolute Gasteiger partial charge is 0.483 e. The molecule has 0 aromatic heterocycles. The van der Waals surface area contributed by atoms with Gasteiger partial charge in [-0.3, -0.25) is 4.79 Å². The molecule has 2 aromatic carbocycles. The van der Waals surface area contributed by atoms with E-state index in [0.29, 0.717) is 11.5 Å². The average molecular weight is 387 g/mol. The summed E-state index contributed by atoms with van der Waals surface area (Å²) in [4.78, 5) is 11.3. The van der Waals surface area contributed by atoms with E-state index in [-0.39, 0.29) is 29.8 Å². The van der Waals surface area contributed by atoms with E-state index in [2.05, 4.69) is 0 Å². The van der Waals surface area contributed by atoms with Crippen molar-refractivity contribution in [1.82, 2.24) is 0 Å². The van der Waals surface area contributed by atoms with Crippen molar-refractivity contribution >= 4 is 17.6 Å². The van der Waals surface area contributed by atoms with E-state index in [9.17, 15) is 18.0 Å². The van der Waals surface area contributed by atoms with E-state index in [4.69, 9.17) is 25.8 Å². The lowest BCUT2D eigenvalue weighted by atomic mass is 10.1. The summed E-state index contributed by atoms with van der Waals surface area (Å²) in [7, 11) is 0. The third-order valence-corrected chi connectivity index (χ3v) is 4.01. The second-order valence-corrected chi connectivity index (χ2v) is 6.52. The van der Waals surface area contributed by atoms with Gasteiger partial charge >= 0.3 is 12.1 Å². The van der Waals surface area contributed by atoms with Gasteiger partial charge in [0.05, 0.1) is 17.0 Å². The van der Waals surface area contributed by atoms with Crippen LogP contribution in [0, 0.1) is 0 Å². The molecule has 0 amide bonds. The molecule has 3 rings (SSSR count). The van der Waals surface area contributed by atoms with Crippen molar-refractivity contribution in [2.24, 2.45) is 0 Å². The Morgan fingerprint density at radius 3 is 2.50 bits per heavy atom. The highest BCUT2D eigenvalue weighted by Crippen LogP contribution is 2.37. The second-order valence-electron chi connectivity index (χ2n) is 6.11. The summed E-state index contributed by atoms with van der Waals surface area (Å²) in [6.07, 6.45) is -4.35. The maximum atomic E-state index is 12.7. The zero-order valence-electron chi connectivity index (χ0n) is 13.6. The fourth-order valence-corrected chi connectivity index (χ4v) is 2.70. The first-order valence-corrected chi connectivity index (χ1v) is 8.02. The Hall–Kier alpha value is -2.41. The molecule has 0 bridgehead atoms. The van der Waals surface area contributed by atoms with Crippen LogP contribution in [-0.2, 0) is 15.7 Å². The van der Waals surface area contributed by atoms with Gasteiger partial charge in [0.1, 0.15) is 23.9 Å². The molecule has 0 N–H and O–H groups in total. The molecule has 0 radical (unpaired) electrons. The smallest absolute Gasteiger partial charge is 0.416 e. The number of halogens is 4. The van der Waals surface area contributed by atoms with Gasteiger partial charge in [0.2, 0.25) is 0 Å². The number of carbonyl (C=O) groups excluding carboxylic acids is 1. The highest BCUT2D eigenvalue weighted by molar-refractivity contribution is 6.32. The summed E-state index contributed by atoms with van der Waals surface area (Å²) in [5.74, 6) is 0.517. The van der Waals surface area contributed by atoms with Gasteiger partial charge in [0.25, 0.3) is 0 Å². The SMILES string of the molecule is CC1(Oc2cccc(Oc3ccc(C(F)(F)F)cc3Cl)c2)COC(=O)C1. The van der Waals surface area contributed by atoms with E-state index in [1.165, 1.54) is 0 Å². The second kappa shape index (κ2) is 6.72. The minimum Gasteiger partial charge on any atom is -0.483 e. The standard InChI is InChI=1S/C18H14ClF3O4/c1-17(9-16(23)24-10-17)26-13-4-2-3-12(8-13)25-15-6-5-11(7-14(15)19)18(20,21)22/h2-8H,9-10H2,1H3. The molecular weight excluding hydrogens is 373 g/mol. The van der Waals surface area contributed by atoms with Crippen LogP contribution in [-0.4, -0.2) is 18.2 Å². The Kier molecular flexibility index (Phi) is 4.75. The number of rotatable bonds is 4. The van der Waals surface area contributed by atoms with Crippen molar-refractivity contribution in [2.45, 2.75) is 25.1 Å². The fourth-order valence-electron chi connectivity index (χ4n) is 2.48. The van der Waals surface area contributed by atoms with Crippen molar-refractivity contribution in [1.29, 1.82) is 0 Å². The molecule has 1 unspecified atom stereocenters. The number of hydrogen-bond acceptors (Lipinski definition) is 4. The number of ether oxygens (including phenoxy) is 3. The van der Waals surface area contributed by atoms with Crippen LogP contribution >= 0.6 is 11.6 Å². The molecule has 1 aliphatic heterocycles. The third-order valence-electron chi connectivity index (χ3n) is 3.71. The molecule has 1 heterocycles. The van der Waals surface area contributed by atoms with Gasteiger partial charge < -0.3 is 14.2 Å². The van der Waals surface area contributed by atoms with Crippen molar-refractivity contribution in [3.63, 3.8) is 0 Å². The highest BCUT2D eigenvalue weighted by atomic mass is 35.5. The predicted molar refractivity (Wildman–Crippen MR) is 87.6 cm³/mol. The number of benzene rings is 2. The zero-order valence-corrected chi connectivity index (χ0v) is 14.4. The monoisotopic (exact) mass is 386 g/mol. The summed E-state index contributed by atoms with van der Waals surface area (Å²) >= 11 is 5.89. The maximum absolute atomic E-state index is 12.7. The average Bonchev–Trinajstić information content (AvgIpc) is 2.87. The lowest BCUT2D eigenvalue weighted by Gasteiger charge is -2.22. The molecule has 1 atom stereocenters. The van der Waals surface area contributed by atoms with Gasteiger partial charge in [-0.05, 0) is 37.3 Å². The van der Waals surface area contributed by atoms with Gasteiger partial charge in [-0.1, -0.05) is 17.7 Å². The first-order chi connectivity index (χ1) is 12.1. The zero-order chi connectivity index (χ0) is 18.9. The molecule has 1 aliphatic rings. The quantitative estimate of drug-likeness (QED) is 0.674. The van der Waals surface area contributed by atoms with E-state index in [0.717, 1.165) is 18.2 Å². The van der Waals surface area contributed by atoms with Crippen LogP contribution in [0.15, 0.2) is 42.5 Å². The lowest BCUT2D eigenvalue weighted by molar-refractivity contribution is -0.138. The number of alkyl halides is 3. The van der Waals surface area contributed by atoms with E-state index >= 15 is 0 Å². The van der Waals surface area contributed by atoms with Gasteiger partial charge in [-0.25, -0.2) is 0 Å². The molecule has 0 saturated carbocycles. The lowest BCUT2D eigenvalue weighted by Crippen LogP contribution is -2.32. The predicted octanol–water partition coefficient (Wildman–Crippen LogP) is 5.24. The molecule has 0 spiro atoms. The first kappa shape index (κ1) is 18.4. The van der Waals surface area contributed by atoms with Gasteiger partial charge in [-0.15, -0.1) is 0 Å². The Balaban J connectivity index is 1.76. The molecule has 1 fully saturated rings. The van der Waals surface area contributed by atoms with Gasteiger partial charge in [-0.2, -0.15) is 13.2 Å². The van der Waals surface area contributed by atoms with Crippen LogP contribution in [0.3, 0.4) is 0 Å². The summed E-state index contributed by atoms with van der Waals surface area (Å²) < 4.78 is 54.3. The van der Waals surface area contributed by atoms with Gasteiger partial charge in [0, 0.05) is 6.07 Å². The van der Waals surface area contributed by atoms with Crippen molar-refractivity contribution < 1.29 is 32.2 Å². The molecule has 8 heteroatoms. The van der Waals surface area contributed by atoms with Crippen molar-refractivity contribution in [3.8, 4) is 17.2 Å². The Bertz CT molecular complexity index is 837. The summed E-state index contributed by atoms with van der Waals surface area (Å²) in [5.41, 5.74) is -1.63. The van der Waals surface area contributed by atoms with Crippen LogP contribution in [0.4, 0.5) is 13.2 Å². The normalized spacial score (nSPS) is 20.0. The molecule has 1 saturated heterocycles. The van der Waals surface area contributed by atoms with Crippen LogP contribution in [0.5, 0.6) is 17.2 Å². The molecule has 4 nitrogen and oxygen atoms in total. The number of hydrogen-bond donors (Lipinski definition) is 0. The highest BCUT2D eigenvalue weighted by Gasteiger charge is 2.38. The molecule has 138 valence electrons. The molecule has 0 aliphatic carbocycles. The van der Waals surface area contributed by atoms with Crippen molar-refractivity contribution in [3.05, 3.63) is 53.1 Å². The Morgan fingerprint density at radius 2 is 1.88 bits per heavy atom. The third kappa shape index (κ3) is 4.22. The Morgan fingerprint density at radius 1 is 1.15 bits per heavy atom. The molecule has 26 heavy (non-hydrogen) atoms. The minimum absolute atomic E-state index is 0.0856. The van der Waals surface area contributed by atoms with E-state index < -0.39 is 17.3 Å². The van der Waals surface area contributed by atoms with Crippen LogP contribution in [0.1, 0.15) is 18.9 Å². The summed E-state index contributed by atoms with van der Waals surface area (Å²) in [6, 6.07) is 9.35. The van der Waals surface area contributed by atoms with E-state index in [1.807, 2.05) is 0 Å². The van der Waals surface area contributed by atoms with Crippen LogP contribution in [0.25, 0.3) is 0 Å². The van der Waals surface area contributed by atoms with Crippen molar-refractivity contribution in [2.75, 3.05) is 6.61 Å². The summed E-state index contributed by atoms with van der Waals surface area (Å²) in [6.45, 7) is 1.89. The van der Waals surface area contributed by atoms with Crippen LogP contribution in [0.2, 0.25) is 5.02 Å². The minimum atomic E-state index is -4.48. The number of carbonyl (C=O) groups is 1. The molecule has 2 aromatic rings.